The maximum atomic E-state index is 3.70. The van der Waals surface area contributed by atoms with E-state index in [0.29, 0.717) is 0 Å². The minimum atomic E-state index is 0.752. The van der Waals surface area contributed by atoms with Crippen molar-refractivity contribution in [1.29, 1.82) is 0 Å². The van der Waals surface area contributed by atoms with E-state index in [4.69, 9.17) is 0 Å². The van der Waals surface area contributed by atoms with E-state index in [-0.39, 0.29) is 0 Å². The number of aryl methyl sites for hydroxylation is 1. The van der Waals surface area contributed by atoms with Crippen molar-refractivity contribution in [2.45, 2.75) is 38.3 Å². The highest BCUT2D eigenvalue weighted by Crippen LogP contribution is 2.29. The van der Waals surface area contributed by atoms with E-state index in [2.05, 4.69) is 40.4 Å². The first kappa shape index (κ1) is 13.6. The van der Waals surface area contributed by atoms with Crippen LogP contribution in [0.2, 0.25) is 0 Å². The summed E-state index contributed by atoms with van der Waals surface area (Å²) in [6, 6.07) is 7.89. The normalized spacial score (nSPS) is 29.3. The van der Waals surface area contributed by atoms with E-state index >= 15 is 0 Å². The van der Waals surface area contributed by atoms with E-state index in [1.807, 2.05) is 0 Å². The summed E-state index contributed by atoms with van der Waals surface area (Å²) in [6.07, 6.45) is 5.33. The van der Waals surface area contributed by atoms with Gasteiger partial charge in [0.05, 0.1) is 0 Å². The van der Waals surface area contributed by atoms with E-state index in [9.17, 15) is 0 Å². The monoisotopic (exact) mass is 285 g/mol. The Balaban J connectivity index is 1.45. The molecule has 2 fully saturated rings. The second-order valence-corrected chi connectivity index (χ2v) is 7.15. The van der Waals surface area contributed by atoms with Gasteiger partial charge in [-0.05, 0) is 55.3 Å². The van der Waals surface area contributed by atoms with E-state index in [0.717, 1.165) is 18.5 Å². The third-order valence-electron chi connectivity index (χ3n) is 5.58. The topological polar surface area (TPSA) is 18.5 Å². The fourth-order valence-corrected chi connectivity index (χ4v) is 4.46. The highest BCUT2D eigenvalue weighted by molar-refractivity contribution is 5.56. The van der Waals surface area contributed by atoms with Crippen LogP contribution in [0.15, 0.2) is 18.2 Å². The lowest BCUT2D eigenvalue weighted by molar-refractivity contribution is 0.312. The molecule has 4 rings (SSSR count). The number of nitrogens with one attached hydrogen (secondary N) is 1. The number of piperidine rings is 1. The SMILES string of the molecule is CN1CCCc2cc(CN3CC4CCCNC4C3)ccc21. The van der Waals surface area contributed by atoms with Crippen LogP contribution < -0.4 is 10.2 Å². The van der Waals surface area contributed by atoms with Crippen LogP contribution in [-0.4, -0.2) is 44.2 Å². The van der Waals surface area contributed by atoms with Gasteiger partial charge in [0, 0.05) is 45.0 Å². The molecule has 0 saturated carbocycles. The van der Waals surface area contributed by atoms with Gasteiger partial charge in [-0.25, -0.2) is 0 Å². The van der Waals surface area contributed by atoms with Gasteiger partial charge in [0.2, 0.25) is 0 Å². The summed E-state index contributed by atoms with van der Waals surface area (Å²) in [5.41, 5.74) is 4.50. The lowest BCUT2D eigenvalue weighted by Gasteiger charge is -2.28. The molecule has 21 heavy (non-hydrogen) atoms. The molecule has 0 radical (unpaired) electrons. The molecule has 1 aromatic carbocycles. The molecule has 0 spiro atoms. The van der Waals surface area contributed by atoms with Crippen LogP contribution in [0, 0.1) is 5.92 Å². The summed E-state index contributed by atoms with van der Waals surface area (Å²) in [7, 11) is 2.22. The number of nitrogens with zero attached hydrogens (tertiary/aromatic N) is 2. The minimum Gasteiger partial charge on any atom is -0.374 e. The molecule has 2 saturated heterocycles. The third kappa shape index (κ3) is 2.69. The molecular formula is C18H27N3. The fourth-order valence-electron chi connectivity index (χ4n) is 4.46. The zero-order valence-electron chi connectivity index (χ0n) is 13.1. The average molecular weight is 285 g/mol. The van der Waals surface area contributed by atoms with Crippen LogP contribution in [0.25, 0.3) is 0 Å². The molecule has 1 aromatic rings. The van der Waals surface area contributed by atoms with Crippen LogP contribution in [0.3, 0.4) is 0 Å². The standard InChI is InChI=1S/C18H27N3/c1-20-9-3-5-15-10-14(6-7-18(15)20)11-21-12-16-4-2-8-19-17(16)13-21/h6-7,10,16-17,19H,2-5,8-9,11-13H2,1H3. The maximum Gasteiger partial charge on any atom is 0.0396 e. The summed E-state index contributed by atoms with van der Waals surface area (Å²) < 4.78 is 0. The van der Waals surface area contributed by atoms with Crippen molar-refractivity contribution in [2.24, 2.45) is 5.92 Å². The molecule has 2 unspecified atom stereocenters. The van der Waals surface area contributed by atoms with Gasteiger partial charge in [-0.1, -0.05) is 12.1 Å². The molecule has 0 bridgehead atoms. The highest BCUT2D eigenvalue weighted by atomic mass is 15.2. The predicted octanol–water partition coefficient (Wildman–Crippen LogP) is 2.25. The van der Waals surface area contributed by atoms with Crippen molar-refractivity contribution in [3.8, 4) is 0 Å². The molecule has 3 nitrogen and oxygen atoms in total. The number of likely N-dealkylation sites (tertiary alicyclic amines) is 1. The number of benzene rings is 1. The van der Waals surface area contributed by atoms with Crippen molar-refractivity contribution >= 4 is 5.69 Å². The van der Waals surface area contributed by atoms with E-state index in [1.165, 1.54) is 63.1 Å². The zero-order chi connectivity index (χ0) is 14.2. The molecular weight excluding hydrogens is 258 g/mol. The Kier molecular flexibility index (Phi) is 3.64. The van der Waals surface area contributed by atoms with Crippen molar-refractivity contribution in [1.82, 2.24) is 10.2 Å². The Hall–Kier alpha value is -1.06. The van der Waals surface area contributed by atoms with Crippen molar-refractivity contribution < 1.29 is 0 Å². The van der Waals surface area contributed by atoms with Crippen LogP contribution in [-0.2, 0) is 13.0 Å². The number of anilines is 1. The molecule has 2 atom stereocenters. The molecule has 0 aromatic heterocycles. The van der Waals surface area contributed by atoms with Crippen molar-refractivity contribution in [2.75, 3.05) is 38.1 Å². The lowest BCUT2D eigenvalue weighted by atomic mass is 9.94. The van der Waals surface area contributed by atoms with Gasteiger partial charge in [-0.3, -0.25) is 4.90 Å². The van der Waals surface area contributed by atoms with Crippen LogP contribution >= 0.6 is 0 Å². The van der Waals surface area contributed by atoms with E-state index in [1.54, 1.807) is 5.56 Å². The van der Waals surface area contributed by atoms with Gasteiger partial charge in [0.15, 0.2) is 0 Å². The van der Waals surface area contributed by atoms with Crippen molar-refractivity contribution in [3.63, 3.8) is 0 Å². The van der Waals surface area contributed by atoms with Crippen LogP contribution in [0.5, 0.6) is 0 Å². The van der Waals surface area contributed by atoms with Crippen LogP contribution in [0.1, 0.15) is 30.4 Å². The zero-order valence-corrected chi connectivity index (χ0v) is 13.1. The Morgan fingerprint density at radius 3 is 3.10 bits per heavy atom. The lowest BCUT2D eigenvalue weighted by Crippen LogP contribution is -2.40. The summed E-state index contributed by atoms with van der Waals surface area (Å²) in [5, 5.41) is 3.70. The first-order valence-electron chi connectivity index (χ1n) is 8.58. The molecule has 3 heteroatoms. The molecule has 0 amide bonds. The Bertz CT molecular complexity index is 499. The molecule has 3 aliphatic heterocycles. The van der Waals surface area contributed by atoms with Gasteiger partial charge in [-0.2, -0.15) is 0 Å². The third-order valence-corrected chi connectivity index (χ3v) is 5.58. The first-order valence-corrected chi connectivity index (χ1v) is 8.58. The number of rotatable bonds is 2. The predicted molar refractivity (Wildman–Crippen MR) is 87.8 cm³/mol. The summed E-state index contributed by atoms with van der Waals surface area (Å²) >= 11 is 0. The van der Waals surface area contributed by atoms with Crippen LogP contribution in [0.4, 0.5) is 5.69 Å². The maximum absolute atomic E-state index is 3.70. The number of hydrogen-bond acceptors (Lipinski definition) is 3. The first-order chi connectivity index (χ1) is 10.3. The van der Waals surface area contributed by atoms with Gasteiger partial charge in [0.1, 0.15) is 0 Å². The smallest absolute Gasteiger partial charge is 0.0396 e. The summed E-state index contributed by atoms with van der Waals surface area (Å²) in [5.74, 6) is 0.891. The second kappa shape index (κ2) is 5.62. The molecule has 1 N–H and O–H groups in total. The minimum absolute atomic E-state index is 0.752. The second-order valence-electron chi connectivity index (χ2n) is 7.15. The average Bonchev–Trinajstić information content (AvgIpc) is 2.89. The number of hydrogen-bond donors (Lipinski definition) is 1. The largest absolute Gasteiger partial charge is 0.374 e. The van der Waals surface area contributed by atoms with Gasteiger partial charge in [0.25, 0.3) is 0 Å². The fraction of sp³-hybridized carbons (Fsp3) is 0.667. The summed E-state index contributed by atoms with van der Waals surface area (Å²) in [4.78, 5) is 5.05. The van der Waals surface area contributed by atoms with Crippen molar-refractivity contribution in [3.05, 3.63) is 29.3 Å². The molecule has 0 aliphatic carbocycles. The molecule has 114 valence electrons. The molecule has 3 aliphatic rings. The van der Waals surface area contributed by atoms with E-state index < -0.39 is 0 Å². The Morgan fingerprint density at radius 1 is 1.24 bits per heavy atom. The highest BCUT2D eigenvalue weighted by Gasteiger charge is 2.33. The quantitative estimate of drug-likeness (QED) is 0.899. The number of fused-ring (bicyclic) bond motifs is 2. The Labute approximate surface area is 128 Å². The van der Waals surface area contributed by atoms with Gasteiger partial charge >= 0.3 is 0 Å². The Morgan fingerprint density at radius 2 is 2.19 bits per heavy atom. The summed E-state index contributed by atoms with van der Waals surface area (Å²) in [6.45, 7) is 6.08. The van der Waals surface area contributed by atoms with Gasteiger partial charge < -0.3 is 10.2 Å². The van der Waals surface area contributed by atoms with Gasteiger partial charge in [-0.15, -0.1) is 0 Å². The molecule has 3 heterocycles.